The molecule has 0 aromatic carbocycles. The van der Waals surface area contributed by atoms with Gasteiger partial charge in [0.25, 0.3) is 0 Å². The van der Waals surface area contributed by atoms with Gasteiger partial charge in [0, 0.05) is 7.26 Å². The number of alkyl halides is 9. The summed E-state index contributed by atoms with van der Waals surface area (Å²) < 4.78 is 102. The molecule has 11 heteroatoms. The SMILES string of the molecule is CCCC[P+](CCCC)(CCCC)CCCC.[O-]C(C(F)(F)F)(C(F)(F)F)C(F)(F)F. The average Bonchev–Trinajstić information content (AvgIpc) is 2.64. The Morgan fingerprint density at radius 3 is 0.774 bits per heavy atom. The van der Waals surface area contributed by atoms with Crippen LogP contribution in [0.2, 0.25) is 0 Å². The highest BCUT2D eigenvalue weighted by atomic mass is 31.2. The molecular formula is C20H36F9OP. The highest BCUT2D eigenvalue weighted by Crippen LogP contribution is 2.61. The average molecular weight is 494 g/mol. The second-order valence-corrected chi connectivity index (χ2v) is 12.3. The van der Waals surface area contributed by atoms with Crippen LogP contribution in [0.25, 0.3) is 0 Å². The quantitative estimate of drug-likeness (QED) is 0.199. The molecule has 31 heavy (non-hydrogen) atoms. The lowest BCUT2D eigenvalue weighted by Crippen LogP contribution is -2.74. The Balaban J connectivity index is 0. The summed E-state index contributed by atoms with van der Waals surface area (Å²) in [7, 11) is -0.562. The van der Waals surface area contributed by atoms with Crippen LogP contribution in [0.1, 0.15) is 79.1 Å². The van der Waals surface area contributed by atoms with Crippen LogP contribution in [-0.4, -0.2) is 48.8 Å². The van der Waals surface area contributed by atoms with Crippen molar-refractivity contribution in [3.05, 3.63) is 0 Å². The zero-order valence-electron chi connectivity index (χ0n) is 18.7. The summed E-state index contributed by atoms with van der Waals surface area (Å²) in [4.78, 5) is 0. The van der Waals surface area contributed by atoms with Crippen LogP contribution in [0.15, 0.2) is 0 Å². The first-order valence-corrected chi connectivity index (χ1v) is 13.3. The van der Waals surface area contributed by atoms with Gasteiger partial charge in [0.2, 0.25) is 0 Å². The minimum Gasteiger partial charge on any atom is -0.830 e. The van der Waals surface area contributed by atoms with E-state index < -0.39 is 31.4 Å². The van der Waals surface area contributed by atoms with Gasteiger partial charge in [0.1, 0.15) is 0 Å². The molecule has 0 amide bonds. The Kier molecular flexibility index (Phi) is 15.0. The molecule has 0 saturated heterocycles. The molecule has 0 aliphatic rings. The summed E-state index contributed by atoms with van der Waals surface area (Å²) in [5.41, 5.74) is -6.94. The fourth-order valence-electron chi connectivity index (χ4n) is 3.13. The van der Waals surface area contributed by atoms with Crippen molar-refractivity contribution < 1.29 is 44.6 Å². The second-order valence-electron chi connectivity index (χ2n) is 7.82. The van der Waals surface area contributed by atoms with Gasteiger partial charge in [-0.1, -0.05) is 53.4 Å². The van der Waals surface area contributed by atoms with E-state index in [0.29, 0.717) is 0 Å². The lowest BCUT2D eigenvalue weighted by molar-refractivity contribution is -0.640. The summed E-state index contributed by atoms with van der Waals surface area (Å²) in [5.74, 6) is 0. The monoisotopic (exact) mass is 494 g/mol. The Morgan fingerprint density at radius 1 is 0.484 bits per heavy atom. The molecule has 0 aliphatic carbocycles. The van der Waals surface area contributed by atoms with Gasteiger partial charge in [-0.3, -0.25) is 0 Å². The highest BCUT2D eigenvalue weighted by Gasteiger charge is 2.75. The van der Waals surface area contributed by atoms with E-state index in [-0.39, 0.29) is 0 Å². The molecule has 1 nitrogen and oxygen atoms in total. The molecule has 190 valence electrons. The van der Waals surface area contributed by atoms with Gasteiger partial charge < -0.3 is 5.11 Å². The Morgan fingerprint density at radius 2 is 0.677 bits per heavy atom. The minimum atomic E-state index is -6.98. The van der Waals surface area contributed by atoms with Gasteiger partial charge in [-0.15, -0.1) is 0 Å². The highest BCUT2D eigenvalue weighted by molar-refractivity contribution is 7.75. The topological polar surface area (TPSA) is 23.1 Å². The molecule has 0 heterocycles. The van der Waals surface area contributed by atoms with Gasteiger partial charge in [-0.05, 0) is 25.7 Å². The van der Waals surface area contributed by atoms with Crippen LogP contribution in [0.3, 0.4) is 0 Å². The van der Waals surface area contributed by atoms with Crippen molar-refractivity contribution in [1.29, 1.82) is 0 Å². The van der Waals surface area contributed by atoms with Crippen LogP contribution in [-0.2, 0) is 0 Å². The van der Waals surface area contributed by atoms with Crippen molar-refractivity contribution >= 4 is 7.26 Å². The van der Waals surface area contributed by atoms with Crippen LogP contribution in [0, 0.1) is 0 Å². The van der Waals surface area contributed by atoms with E-state index in [4.69, 9.17) is 0 Å². The molecule has 0 rings (SSSR count). The van der Waals surface area contributed by atoms with E-state index in [1.807, 2.05) is 0 Å². The largest absolute Gasteiger partial charge is 0.830 e. The second kappa shape index (κ2) is 14.1. The van der Waals surface area contributed by atoms with Gasteiger partial charge >= 0.3 is 18.5 Å². The molecule has 0 aliphatic heterocycles. The van der Waals surface area contributed by atoms with Crippen LogP contribution in [0.4, 0.5) is 39.5 Å². The first-order valence-electron chi connectivity index (χ1n) is 10.7. The maximum absolute atomic E-state index is 11.3. The van der Waals surface area contributed by atoms with Crippen LogP contribution >= 0.6 is 7.26 Å². The van der Waals surface area contributed by atoms with E-state index >= 15 is 0 Å². The molecule has 0 spiro atoms. The Labute approximate surface area is 180 Å². The number of rotatable bonds is 12. The number of hydrogen-bond acceptors (Lipinski definition) is 1. The maximum Gasteiger partial charge on any atom is 0.397 e. The molecule has 0 saturated carbocycles. The van der Waals surface area contributed by atoms with E-state index in [9.17, 15) is 44.6 Å². The zero-order valence-corrected chi connectivity index (χ0v) is 19.6. The Bertz CT molecular complexity index is 385. The fraction of sp³-hybridized carbons (Fsp3) is 1.00. The molecule has 0 bridgehead atoms. The minimum absolute atomic E-state index is 0.562. The van der Waals surface area contributed by atoms with E-state index in [1.165, 1.54) is 51.4 Å². The van der Waals surface area contributed by atoms with E-state index in [2.05, 4.69) is 27.7 Å². The summed E-state index contributed by atoms with van der Waals surface area (Å²) in [5, 5.41) is 9.79. The van der Waals surface area contributed by atoms with Gasteiger partial charge in [0.15, 0.2) is 5.60 Å². The van der Waals surface area contributed by atoms with Crippen LogP contribution in [0.5, 0.6) is 0 Å². The first-order chi connectivity index (χ1) is 14.0. The van der Waals surface area contributed by atoms with E-state index in [0.717, 1.165) is 0 Å². The van der Waals surface area contributed by atoms with Gasteiger partial charge in [-0.2, -0.15) is 39.5 Å². The van der Waals surface area contributed by atoms with Crippen molar-refractivity contribution in [2.75, 3.05) is 24.6 Å². The van der Waals surface area contributed by atoms with Crippen molar-refractivity contribution in [1.82, 2.24) is 0 Å². The molecule has 0 aromatic heterocycles. The Hall–Kier alpha value is -0.240. The van der Waals surface area contributed by atoms with Gasteiger partial charge in [0.05, 0.1) is 24.6 Å². The van der Waals surface area contributed by atoms with Crippen LogP contribution < -0.4 is 5.11 Å². The molecular weight excluding hydrogens is 458 g/mol. The normalized spacial score (nSPS) is 13.7. The summed E-state index contributed by atoms with van der Waals surface area (Å²) in [6.45, 7) is 9.42. The van der Waals surface area contributed by atoms with Crippen molar-refractivity contribution in [2.24, 2.45) is 0 Å². The summed E-state index contributed by atoms with van der Waals surface area (Å²) in [6, 6.07) is 0. The van der Waals surface area contributed by atoms with Gasteiger partial charge in [-0.25, -0.2) is 0 Å². The van der Waals surface area contributed by atoms with E-state index in [1.54, 1.807) is 24.6 Å². The molecule has 0 unspecified atom stereocenters. The van der Waals surface area contributed by atoms with Crippen molar-refractivity contribution in [3.8, 4) is 0 Å². The number of hydrogen-bond donors (Lipinski definition) is 0. The van der Waals surface area contributed by atoms with Crippen molar-refractivity contribution in [3.63, 3.8) is 0 Å². The van der Waals surface area contributed by atoms with Crippen molar-refractivity contribution in [2.45, 2.75) is 103 Å². The molecule has 0 fully saturated rings. The third-order valence-corrected chi connectivity index (χ3v) is 10.2. The first kappa shape index (κ1) is 32.9. The lowest BCUT2D eigenvalue weighted by Gasteiger charge is -2.43. The summed E-state index contributed by atoms with van der Waals surface area (Å²) in [6.07, 6.45) is -3.00. The predicted molar refractivity (Wildman–Crippen MR) is 107 cm³/mol. The fourth-order valence-corrected chi connectivity index (χ4v) is 8.42. The summed E-state index contributed by atoms with van der Waals surface area (Å²) >= 11 is 0. The molecule has 0 radical (unpaired) electrons. The predicted octanol–water partition coefficient (Wildman–Crippen LogP) is 7.98. The number of unbranched alkanes of at least 4 members (excludes halogenated alkanes) is 4. The maximum atomic E-state index is 11.3. The number of halogens is 9. The molecule has 0 aromatic rings. The lowest BCUT2D eigenvalue weighted by atomic mass is 10.0. The third kappa shape index (κ3) is 10.5. The third-order valence-electron chi connectivity index (χ3n) is 5.14. The zero-order chi connectivity index (χ0) is 25.0. The smallest absolute Gasteiger partial charge is 0.397 e. The standard InChI is InChI=1S/C16H36P.C4F9O/c1-5-9-13-17(14-10-6-2,15-11-7-3)16-12-8-4;5-2(6,7)1(14,3(8,9)10)4(11,12)13/h5-16H2,1-4H3;/q+1;-1. The molecule has 0 N–H and O–H groups in total. The molecule has 0 atom stereocenters.